The average Bonchev–Trinajstić information content (AvgIpc) is 3.60. The molecule has 0 radical (unpaired) electrons. The topological polar surface area (TPSA) is 95.9 Å². The molecule has 3 N–H and O–H groups in total. The molecule has 0 spiro atoms. The molecule has 0 saturated heterocycles. The number of amides is 1. The first-order valence-corrected chi connectivity index (χ1v) is 41.9. The third-order valence-corrected chi connectivity index (χ3v) is 20.1. The molecule has 2 atom stereocenters. The highest BCUT2D eigenvalue weighted by atomic mass is 16.5. The lowest BCUT2D eigenvalue weighted by molar-refractivity contribution is -0.143. The smallest absolute Gasteiger partial charge is 0.305 e. The number of hydrogen-bond acceptors (Lipinski definition) is 5. The van der Waals surface area contributed by atoms with E-state index in [4.69, 9.17) is 4.74 Å². The van der Waals surface area contributed by atoms with Gasteiger partial charge in [-0.2, -0.15) is 0 Å². The Hall–Kier alpha value is -1.40. The second-order valence-corrected chi connectivity index (χ2v) is 29.2. The number of aliphatic hydroxyl groups excluding tert-OH is 2. The van der Waals surface area contributed by atoms with Crippen molar-refractivity contribution in [3.63, 3.8) is 0 Å². The molecule has 2 unspecified atom stereocenters. The Morgan fingerprint density at radius 1 is 0.300 bits per heavy atom. The number of carbonyl (C=O) groups excluding carboxylic acids is 2. The summed E-state index contributed by atoms with van der Waals surface area (Å²) in [5, 5.41) is 23.5. The summed E-state index contributed by atoms with van der Waals surface area (Å²) in [4.78, 5) is 24.7. The maximum absolute atomic E-state index is 12.6. The highest BCUT2D eigenvalue weighted by molar-refractivity contribution is 5.76. The zero-order valence-electron chi connectivity index (χ0n) is 61.7. The van der Waals surface area contributed by atoms with E-state index in [1.165, 1.54) is 411 Å². The predicted octanol–water partition coefficient (Wildman–Crippen LogP) is 27.8. The minimum Gasteiger partial charge on any atom is -0.466 e. The number of aliphatic hydroxyl groups is 2. The van der Waals surface area contributed by atoms with Crippen LogP contribution < -0.4 is 5.32 Å². The molecule has 1 amide bonds. The summed E-state index contributed by atoms with van der Waals surface area (Å²) in [6.07, 6.45) is 102. The van der Waals surface area contributed by atoms with E-state index < -0.39 is 12.1 Å². The molecule has 536 valence electrons. The molecule has 0 aliphatic heterocycles. The zero-order valence-corrected chi connectivity index (χ0v) is 61.7. The van der Waals surface area contributed by atoms with Gasteiger partial charge in [-0.1, -0.05) is 437 Å². The van der Waals surface area contributed by atoms with E-state index in [1.54, 1.807) is 0 Å². The van der Waals surface area contributed by atoms with Gasteiger partial charge in [0.1, 0.15) is 0 Å². The molecule has 0 aliphatic carbocycles. The van der Waals surface area contributed by atoms with E-state index in [-0.39, 0.29) is 18.5 Å². The molecule has 0 rings (SSSR count). The van der Waals surface area contributed by atoms with Crippen LogP contribution in [0.3, 0.4) is 0 Å². The van der Waals surface area contributed by atoms with Crippen LogP contribution in [0, 0.1) is 0 Å². The lowest BCUT2D eigenvalue weighted by Gasteiger charge is -2.22. The maximum Gasteiger partial charge on any atom is 0.305 e. The molecule has 0 aliphatic rings. The number of esters is 1. The van der Waals surface area contributed by atoms with Crippen LogP contribution in [-0.4, -0.2) is 47.4 Å². The Labute approximate surface area is 565 Å². The largest absolute Gasteiger partial charge is 0.466 e. The van der Waals surface area contributed by atoms with Gasteiger partial charge < -0.3 is 20.3 Å². The van der Waals surface area contributed by atoms with Crippen LogP contribution in [0.15, 0.2) is 12.2 Å². The molecule has 0 heterocycles. The van der Waals surface area contributed by atoms with E-state index in [0.29, 0.717) is 25.9 Å². The molecular weight excluding hydrogens is 1100 g/mol. The van der Waals surface area contributed by atoms with Crippen LogP contribution in [0.4, 0.5) is 0 Å². The van der Waals surface area contributed by atoms with Crippen LogP contribution in [0.2, 0.25) is 0 Å². The van der Waals surface area contributed by atoms with Gasteiger partial charge in [-0.25, -0.2) is 0 Å². The number of nitrogens with one attached hydrogen (secondary N) is 1. The number of unbranched alkanes of at least 4 members (excludes halogenated alkanes) is 67. The van der Waals surface area contributed by atoms with Crippen molar-refractivity contribution in [2.75, 3.05) is 13.2 Å². The Balaban J connectivity index is 3.33. The van der Waals surface area contributed by atoms with Gasteiger partial charge in [0, 0.05) is 12.8 Å². The third-order valence-electron chi connectivity index (χ3n) is 20.1. The van der Waals surface area contributed by atoms with Gasteiger partial charge in [0.05, 0.1) is 25.4 Å². The van der Waals surface area contributed by atoms with Crippen LogP contribution in [0.5, 0.6) is 0 Å². The maximum atomic E-state index is 12.6. The van der Waals surface area contributed by atoms with E-state index in [0.717, 1.165) is 44.9 Å². The van der Waals surface area contributed by atoms with Gasteiger partial charge in [0.25, 0.3) is 0 Å². The monoisotopic (exact) mass is 1270 g/mol. The second kappa shape index (κ2) is 80.0. The number of rotatable bonds is 80. The highest BCUT2D eigenvalue weighted by Gasteiger charge is 2.20. The van der Waals surface area contributed by atoms with Crippen LogP contribution in [-0.2, 0) is 14.3 Å². The van der Waals surface area contributed by atoms with Gasteiger partial charge in [-0.3, -0.25) is 9.59 Å². The van der Waals surface area contributed by atoms with E-state index >= 15 is 0 Å². The molecule has 0 saturated carbocycles. The quantitative estimate of drug-likeness (QED) is 0.0320. The predicted molar refractivity (Wildman–Crippen MR) is 398 cm³/mol. The molecule has 0 aromatic heterocycles. The van der Waals surface area contributed by atoms with Crippen molar-refractivity contribution in [2.45, 2.75) is 501 Å². The molecule has 90 heavy (non-hydrogen) atoms. The normalized spacial score (nSPS) is 12.4. The summed E-state index contributed by atoms with van der Waals surface area (Å²) in [7, 11) is 0. The second-order valence-electron chi connectivity index (χ2n) is 29.2. The fourth-order valence-corrected chi connectivity index (χ4v) is 13.7. The fourth-order valence-electron chi connectivity index (χ4n) is 13.7. The molecule has 0 fully saturated rings. The minimum atomic E-state index is -0.663. The average molecular weight is 1270 g/mol. The van der Waals surface area contributed by atoms with Gasteiger partial charge in [0.2, 0.25) is 5.91 Å². The first kappa shape index (κ1) is 88.6. The van der Waals surface area contributed by atoms with Crippen molar-refractivity contribution in [1.82, 2.24) is 5.32 Å². The zero-order chi connectivity index (χ0) is 64.9. The lowest BCUT2D eigenvalue weighted by atomic mass is 10.0. The van der Waals surface area contributed by atoms with Gasteiger partial charge in [0.15, 0.2) is 0 Å². The number of hydrogen-bond donors (Lipinski definition) is 3. The lowest BCUT2D eigenvalue weighted by Crippen LogP contribution is -2.45. The summed E-state index contributed by atoms with van der Waals surface area (Å²) in [6, 6.07) is -0.540. The molecular formula is C84H165NO5. The molecule has 0 aromatic rings. The summed E-state index contributed by atoms with van der Waals surface area (Å²) in [5.74, 6) is -0.00566. The Kier molecular flexibility index (Phi) is 78.8. The molecule has 6 heteroatoms. The van der Waals surface area contributed by atoms with Gasteiger partial charge in [-0.15, -0.1) is 0 Å². The van der Waals surface area contributed by atoms with Crippen molar-refractivity contribution in [3.05, 3.63) is 12.2 Å². The van der Waals surface area contributed by atoms with Crippen molar-refractivity contribution in [1.29, 1.82) is 0 Å². The van der Waals surface area contributed by atoms with Crippen molar-refractivity contribution >= 4 is 11.9 Å². The number of ether oxygens (including phenoxy) is 1. The van der Waals surface area contributed by atoms with Gasteiger partial charge in [-0.05, 0) is 51.4 Å². The van der Waals surface area contributed by atoms with E-state index in [2.05, 4.69) is 31.3 Å². The van der Waals surface area contributed by atoms with Crippen molar-refractivity contribution in [2.24, 2.45) is 0 Å². The SMILES string of the molecule is CCCCCCCCC/C=C\CCCCCCCCCC(=O)OCCCCCCCCCCCCCCCCCCCCCCCCCCCCCCCCC(=O)NC(CO)C(O)CCCCCCCCCCCCCCCCCCCCCCCCCCC. The van der Waals surface area contributed by atoms with Crippen LogP contribution in [0.25, 0.3) is 0 Å². The molecule has 6 nitrogen and oxygen atoms in total. The van der Waals surface area contributed by atoms with Gasteiger partial charge >= 0.3 is 5.97 Å². The van der Waals surface area contributed by atoms with E-state index in [1.807, 2.05) is 0 Å². The molecule has 0 aromatic carbocycles. The molecule has 0 bridgehead atoms. The number of allylic oxidation sites excluding steroid dienone is 2. The van der Waals surface area contributed by atoms with Crippen molar-refractivity contribution < 1.29 is 24.5 Å². The third kappa shape index (κ3) is 75.6. The number of carbonyl (C=O) groups is 2. The Morgan fingerprint density at radius 2 is 0.522 bits per heavy atom. The fraction of sp³-hybridized carbons (Fsp3) is 0.952. The standard InChI is InChI=1S/C84H165NO5/c1-3-5-7-9-11-13-15-17-19-21-23-24-25-32-35-38-41-44-48-52-56-60-64-68-72-76-82(87)81(80-86)85-83(88)77-73-69-65-61-57-53-49-45-42-39-36-33-30-28-26-27-29-31-34-37-40-43-47-51-55-59-63-67-71-75-79-90-84(89)78-74-70-66-62-58-54-50-46-22-20-18-16-14-12-10-8-6-4-2/h20,22,81-82,86-87H,3-19,21,23-80H2,1-2H3,(H,85,88)/b22-20-. The first-order chi connectivity index (χ1) is 44.5. The van der Waals surface area contributed by atoms with E-state index in [9.17, 15) is 19.8 Å². The summed E-state index contributed by atoms with van der Waals surface area (Å²) >= 11 is 0. The van der Waals surface area contributed by atoms with Crippen LogP contribution in [0.1, 0.15) is 489 Å². The Morgan fingerprint density at radius 3 is 0.789 bits per heavy atom. The summed E-state index contributed by atoms with van der Waals surface area (Å²) in [6.45, 7) is 5.01. The Bertz CT molecular complexity index is 1370. The summed E-state index contributed by atoms with van der Waals surface area (Å²) < 4.78 is 5.52. The highest BCUT2D eigenvalue weighted by Crippen LogP contribution is 2.21. The minimum absolute atomic E-state index is 0.0188. The first-order valence-electron chi connectivity index (χ1n) is 41.9. The summed E-state index contributed by atoms with van der Waals surface area (Å²) in [5.41, 5.74) is 0. The van der Waals surface area contributed by atoms with Crippen LogP contribution >= 0.6 is 0 Å². The van der Waals surface area contributed by atoms with Crippen molar-refractivity contribution in [3.8, 4) is 0 Å².